The quantitative estimate of drug-likeness (QED) is 0.904. The predicted octanol–water partition coefficient (Wildman–Crippen LogP) is 3.27. The summed E-state index contributed by atoms with van der Waals surface area (Å²) >= 11 is 1.70. The largest absolute Gasteiger partial charge is 0.355 e. The summed E-state index contributed by atoms with van der Waals surface area (Å²) in [7, 11) is 0. The first-order chi connectivity index (χ1) is 11.6. The minimum atomic E-state index is 0.00182. The summed E-state index contributed by atoms with van der Waals surface area (Å²) in [5.74, 6) is 1.37. The lowest BCUT2D eigenvalue weighted by Gasteiger charge is -2.33. The Hall–Kier alpha value is -1.95. The SMILES string of the molecule is CC(C)[C@H](NC(=O)[C@H]1CCCN(c2cnccn2)C1)c1cccs1. The monoisotopic (exact) mass is 344 g/mol. The van der Waals surface area contributed by atoms with Crippen molar-refractivity contribution in [3.05, 3.63) is 41.0 Å². The van der Waals surface area contributed by atoms with E-state index >= 15 is 0 Å². The molecule has 1 fully saturated rings. The number of hydrogen-bond acceptors (Lipinski definition) is 5. The number of hydrogen-bond donors (Lipinski definition) is 1. The van der Waals surface area contributed by atoms with Crippen molar-refractivity contribution < 1.29 is 4.79 Å². The summed E-state index contributed by atoms with van der Waals surface area (Å²) in [6.45, 7) is 5.94. The number of amides is 1. The maximum Gasteiger partial charge on any atom is 0.225 e. The van der Waals surface area contributed by atoms with Crippen LogP contribution in [0.15, 0.2) is 36.1 Å². The van der Waals surface area contributed by atoms with Gasteiger partial charge in [0.05, 0.1) is 18.2 Å². The summed E-state index contributed by atoms with van der Waals surface area (Å²) in [5, 5.41) is 5.33. The lowest BCUT2D eigenvalue weighted by Crippen LogP contribution is -2.45. The van der Waals surface area contributed by atoms with Gasteiger partial charge in [0.15, 0.2) is 0 Å². The highest BCUT2D eigenvalue weighted by Gasteiger charge is 2.29. The van der Waals surface area contributed by atoms with E-state index in [1.807, 2.05) is 6.07 Å². The van der Waals surface area contributed by atoms with E-state index in [2.05, 4.69) is 45.5 Å². The molecule has 1 saturated heterocycles. The average Bonchev–Trinajstić information content (AvgIpc) is 3.14. The molecule has 1 aliphatic rings. The van der Waals surface area contributed by atoms with Crippen molar-refractivity contribution in [3.63, 3.8) is 0 Å². The van der Waals surface area contributed by atoms with Gasteiger partial charge in [-0.25, -0.2) is 4.98 Å². The van der Waals surface area contributed by atoms with Gasteiger partial charge in [0.1, 0.15) is 5.82 Å². The third-order valence-corrected chi connectivity index (χ3v) is 5.44. The average molecular weight is 344 g/mol. The van der Waals surface area contributed by atoms with Crippen molar-refractivity contribution in [2.75, 3.05) is 18.0 Å². The molecule has 128 valence electrons. The Balaban J connectivity index is 1.66. The van der Waals surface area contributed by atoms with Crippen LogP contribution in [0.25, 0.3) is 0 Å². The number of nitrogens with zero attached hydrogens (tertiary/aromatic N) is 3. The fourth-order valence-electron chi connectivity index (χ4n) is 3.16. The molecule has 6 heteroatoms. The third-order valence-electron chi connectivity index (χ3n) is 4.48. The minimum absolute atomic E-state index is 0.00182. The van der Waals surface area contributed by atoms with Crippen LogP contribution in [0.5, 0.6) is 0 Å². The summed E-state index contributed by atoms with van der Waals surface area (Å²) in [6, 6.07) is 4.23. The summed E-state index contributed by atoms with van der Waals surface area (Å²) in [6.07, 6.45) is 7.07. The Labute approximate surface area is 147 Å². The Morgan fingerprint density at radius 3 is 2.96 bits per heavy atom. The third kappa shape index (κ3) is 3.93. The number of anilines is 1. The van der Waals surface area contributed by atoms with Crippen molar-refractivity contribution in [1.29, 1.82) is 0 Å². The van der Waals surface area contributed by atoms with Crippen LogP contribution in [0.4, 0.5) is 5.82 Å². The van der Waals surface area contributed by atoms with Crippen LogP contribution in [-0.2, 0) is 4.79 Å². The number of rotatable bonds is 5. The highest BCUT2D eigenvalue weighted by atomic mass is 32.1. The first-order valence-corrected chi connectivity index (χ1v) is 9.38. The molecule has 0 aromatic carbocycles. The second-order valence-corrected chi connectivity index (χ2v) is 7.57. The molecule has 1 amide bonds. The second kappa shape index (κ2) is 7.75. The molecule has 1 aliphatic heterocycles. The first kappa shape index (κ1) is 16.9. The van der Waals surface area contributed by atoms with Gasteiger partial charge in [0, 0.05) is 30.4 Å². The molecule has 24 heavy (non-hydrogen) atoms. The Morgan fingerprint density at radius 1 is 1.42 bits per heavy atom. The van der Waals surface area contributed by atoms with E-state index < -0.39 is 0 Å². The van der Waals surface area contributed by atoms with Crippen molar-refractivity contribution in [2.24, 2.45) is 11.8 Å². The molecule has 0 radical (unpaired) electrons. The Morgan fingerprint density at radius 2 is 2.29 bits per heavy atom. The number of thiophene rings is 1. The van der Waals surface area contributed by atoms with E-state index in [9.17, 15) is 4.79 Å². The molecule has 0 aliphatic carbocycles. The van der Waals surface area contributed by atoms with Gasteiger partial charge in [0.2, 0.25) is 5.91 Å². The lowest BCUT2D eigenvalue weighted by atomic mass is 9.95. The zero-order valence-corrected chi connectivity index (χ0v) is 15.0. The second-order valence-electron chi connectivity index (χ2n) is 6.59. The van der Waals surface area contributed by atoms with Crippen LogP contribution >= 0.6 is 11.3 Å². The fourth-order valence-corrected chi connectivity index (χ4v) is 4.11. The number of piperidine rings is 1. The zero-order chi connectivity index (χ0) is 16.9. The van der Waals surface area contributed by atoms with Gasteiger partial charge in [-0.2, -0.15) is 0 Å². The van der Waals surface area contributed by atoms with Gasteiger partial charge in [-0.15, -0.1) is 11.3 Å². The maximum atomic E-state index is 12.8. The van der Waals surface area contributed by atoms with Crippen molar-refractivity contribution in [2.45, 2.75) is 32.7 Å². The molecule has 3 heterocycles. The van der Waals surface area contributed by atoms with Gasteiger partial charge in [-0.3, -0.25) is 9.78 Å². The molecule has 5 nitrogen and oxygen atoms in total. The zero-order valence-electron chi connectivity index (χ0n) is 14.2. The standard InChI is InChI=1S/C18H24N4OS/c1-13(2)17(15-6-4-10-24-15)21-18(23)14-5-3-9-22(12-14)16-11-19-7-8-20-16/h4,6-8,10-11,13-14,17H,3,5,9,12H2,1-2H3,(H,21,23)/t14-,17-/m0/s1. The van der Waals surface area contributed by atoms with Gasteiger partial charge in [-0.1, -0.05) is 19.9 Å². The fraction of sp³-hybridized carbons (Fsp3) is 0.500. The van der Waals surface area contributed by atoms with Crippen LogP contribution in [-0.4, -0.2) is 29.0 Å². The van der Waals surface area contributed by atoms with Crippen LogP contribution in [0.3, 0.4) is 0 Å². The van der Waals surface area contributed by atoms with E-state index in [1.165, 1.54) is 4.88 Å². The van der Waals surface area contributed by atoms with Crippen molar-refractivity contribution in [1.82, 2.24) is 15.3 Å². The summed E-state index contributed by atoms with van der Waals surface area (Å²) in [4.78, 5) is 24.7. The van der Waals surface area contributed by atoms with Gasteiger partial charge in [0.25, 0.3) is 0 Å². The van der Waals surface area contributed by atoms with Gasteiger partial charge in [-0.05, 0) is 30.2 Å². The van der Waals surface area contributed by atoms with Crippen LogP contribution in [0.1, 0.15) is 37.6 Å². The highest BCUT2D eigenvalue weighted by Crippen LogP contribution is 2.27. The number of nitrogens with one attached hydrogen (secondary N) is 1. The van der Waals surface area contributed by atoms with E-state index in [4.69, 9.17) is 0 Å². The smallest absolute Gasteiger partial charge is 0.225 e. The molecule has 0 spiro atoms. The molecule has 0 bridgehead atoms. The minimum Gasteiger partial charge on any atom is -0.355 e. The molecule has 0 unspecified atom stereocenters. The van der Waals surface area contributed by atoms with Crippen LogP contribution in [0.2, 0.25) is 0 Å². The first-order valence-electron chi connectivity index (χ1n) is 8.50. The normalized spacial score (nSPS) is 19.3. The van der Waals surface area contributed by atoms with E-state index in [0.29, 0.717) is 12.5 Å². The van der Waals surface area contributed by atoms with E-state index in [0.717, 1.165) is 25.2 Å². The van der Waals surface area contributed by atoms with Gasteiger partial charge < -0.3 is 10.2 Å². The number of aromatic nitrogens is 2. The Bertz CT molecular complexity index is 644. The number of carbonyl (C=O) groups is 1. The molecular weight excluding hydrogens is 320 g/mol. The summed E-state index contributed by atoms with van der Waals surface area (Å²) < 4.78 is 0. The molecule has 2 atom stereocenters. The highest BCUT2D eigenvalue weighted by molar-refractivity contribution is 7.10. The van der Waals surface area contributed by atoms with Gasteiger partial charge >= 0.3 is 0 Å². The topological polar surface area (TPSA) is 58.1 Å². The molecule has 2 aromatic rings. The van der Waals surface area contributed by atoms with E-state index in [1.54, 1.807) is 29.9 Å². The maximum absolute atomic E-state index is 12.8. The van der Waals surface area contributed by atoms with Crippen molar-refractivity contribution in [3.8, 4) is 0 Å². The molecule has 3 rings (SSSR count). The van der Waals surface area contributed by atoms with Crippen LogP contribution < -0.4 is 10.2 Å². The lowest BCUT2D eigenvalue weighted by molar-refractivity contribution is -0.126. The van der Waals surface area contributed by atoms with Crippen molar-refractivity contribution >= 4 is 23.1 Å². The molecule has 2 aromatic heterocycles. The Kier molecular flexibility index (Phi) is 5.45. The predicted molar refractivity (Wildman–Crippen MR) is 97.0 cm³/mol. The van der Waals surface area contributed by atoms with E-state index in [-0.39, 0.29) is 17.9 Å². The molecular formula is C18H24N4OS. The molecule has 1 N–H and O–H groups in total. The number of carbonyl (C=O) groups excluding carboxylic acids is 1. The van der Waals surface area contributed by atoms with Crippen LogP contribution in [0, 0.1) is 11.8 Å². The molecule has 0 saturated carbocycles. The summed E-state index contributed by atoms with van der Waals surface area (Å²) in [5.41, 5.74) is 0.